The highest BCUT2D eigenvalue weighted by molar-refractivity contribution is 5.71. The van der Waals surface area contributed by atoms with E-state index in [-0.39, 0.29) is 31.1 Å². The first kappa shape index (κ1) is 53.4. The second kappa shape index (κ2) is 45.1. The Morgan fingerprint density at radius 2 is 0.696 bits per heavy atom. The van der Waals surface area contributed by atoms with E-state index in [0.717, 1.165) is 83.5 Å². The molecule has 0 spiro atoms. The van der Waals surface area contributed by atoms with Crippen molar-refractivity contribution in [2.75, 3.05) is 13.2 Å². The van der Waals surface area contributed by atoms with E-state index in [1.165, 1.54) is 109 Å². The summed E-state index contributed by atoms with van der Waals surface area (Å²) < 4.78 is 16.7. The van der Waals surface area contributed by atoms with E-state index in [0.29, 0.717) is 19.3 Å². The average molecular weight is 785 g/mol. The van der Waals surface area contributed by atoms with Crippen LogP contribution in [-0.2, 0) is 28.6 Å². The normalized spacial score (nSPS) is 12.4. The Balaban J connectivity index is 4.39. The van der Waals surface area contributed by atoms with Crippen molar-refractivity contribution >= 4 is 17.9 Å². The monoisotopic (exact) mass is 785 g/mol. The van der Waals surface area contributed by atoms with Crippen LogP contribution in [0.2, 0.25) is 0 Å². The van der Waals surface area contributed by atoms with Crippen LogP contribution in [0.15, 0.2) is 48.6 Å². The Labute approximate surface area is 346 Å². The number of carbonyl (C=O) groups excluding carboxylic acids is 3. The smallest absolute Gasteiger partial charge is 0.306 e. The molecule has 0 bridgehead atoms. The molecule has 6 nitrogen and oxygen atoms in total. The minimum atomic E-state index is -0.776. The van der Waals surface area contributed by atoms with Crippen LogP contribution in [0.3, 0.4) is 0 Å². The van der Waals surface area contributed by atoms with Gasteiger partial charge in [0.25, 0.3) is 0 Å². The fraction of sp³-hybridized carbons (Fsp3) is 0.780. The van der Waals surface area contributed by atoms with Crippen molar-refractivity contribution in [3.63, 3.8) is 0 Å². The molecular weight excluding hydrogens is 697 g/mol. The Bertz CT molecular complexity index is 996. The largest absolute Gasteiger partial charge is 0.462 e. The molecule has 0 saturated carbocycles. The van der Waals surface area contributed by atoms with Crippen LogP contribution in [0.4, 0.5) is 0 Å². The van der Waals surface area contributed by atoms with Gasteiger partial charge in [0, 0.05) is 19.3 Å². The third-order valence-electron chi connectivity index (χ3n) is 10.2. The summed E-state index contributed by atoms with van der Waals surface area (Å²) in [7, 11) is 0. The maximum absolute atomic E-state index is 12.7. The Hall–Kier alpha value is -2.63. The molecular formula is C50H88O6. The third kappa shape index (κ3) is 42.5. The van der Waals surface area contributed by atoms with E-state index >= 15 is 0 Å². The van der Waals surface area contributed by atoms with Crippen molar-refractivity contribution in [3.8, 4) is 0 Å². The molecule has 1 unspecified atom stereocenters. The van der Waals surface area contributed by atoms with Crippen molar-refractivity contribution in [3.05, 3.63) is 48.6 Å². The molecule has 0 aliphatic carbocycles. The van der Waals surface area contributed by atoms with Gasteiger partial charge in [0.2, 0.25) is 0 Å². The Morgan fingerprint density at radius 1 is 0.375 bits per heavy atom. The minimum Gasteiger partial charge on any atom is -0.462 e. The van der Waals surface area contributed by atoms with Crippen LogP contribution in [-0.4, -0.2) is 37.2 Å². The summed E-state index contributed by atoms with van der Waals surface area (Å²) in [5.74, 6) is -0.899. The summed E-state index contributed by atoms with van der Waals surface area (Å²) in [6.45, 7) is 6.47. The number of allylic oxidation sites excluding steroid dienone is 8. The number of unbranched alkanes of at least 4 members (excludes halogenated alkanes) is 26. The highest BCUT2D eigenvalue weighted by Gasteiger charge is 2.19. The summed E-state index contributed by atoms with van der Waals surface area (Å²) in [5, 5.41) is 0. The number of carbonyl (C=O) groups is 3. The van der Waals surface area contributed by atoms with E-state index in [2.05, 4.69) is 51.2 Å². The highest BCUT2D eigenvalue weighted by Crippen LogP contribution is 2.15. The molecule has 0 radical (unpaired) electrons. The van der Waals surface area contributed by atoms with E-state index in [4.69, 9.17) is 14.2 Å². The number of rotatable bonds is 42. The van der Waals surface area contributed by atoms with Gasteiger partial charge in [-0.15, -0.1) is 0 Å². The van der Waals surface area contributed by atoms with Crippen molar-refractivity contribution in [1.29, 1.82) is 0 Å². The average Bonchev–Trinajstić information content (AvgIpc) is 3.19. The van der Waals surface area contributed by atoms with Gasteiger partial charge in [0.1, 0.15) is 13.2 Å². The summed E-state index contributed by atoms with van der Waals surface area (Å²) in [4.78, 5) is 37.8. The van der Waals surface area contributed by atoms with Gasteiger partial charge < -0.3 is 14.2 Å². The molecule has 0 amide bonds. The summed E-state index contributed by atoms with van der Waals surface area (Å²) >= 11 is 0. The van der Waals surface area contributed by atoms with Gasteiger partial charge in [-0.25, -0.2) is 0 Å². The molecule has 56 heavy (non-hydrogen) atoms. The number of hydrogen-bond donors (Lipinski definition) is 0. The van der Waals surface area contributed by atoms with Crippen molar-refractivity contribution < 1.29 is 28.6 Å². The fourth-order valence-electron chi connectivity index (χ4n) is 6.63. The number of ether oxygens (including phenoxy) is 3. The first-order valence-corrected chi connectivity index (χ1v) is 23.7. The minimum absolute atomic E-state index is 0.0779. The second-order valence-electron chi connectivity index (χ2n) is 15.7. The lowest BCUT2D eigenvalue weighted by molar-refractivity contribution is -0.167. The zero-order valence-corrected chi connectivity index (χ0v) is 36.9. The van der Waals surface area contributed by atoms with Crippen LogP contribution in [0.5, 0.6) is 0 Å². The highest BCUT2D eigenvalue weighted by atomic mass is 16.6. The molecule has 0 aromatic rings. The van der Waals surface area contributed by atoms with E-state index in [9.17, 15) is 14.4 Å². The lowest BCUT2D eigenvalue weighted by atomic mass is 10.0. The zero-order chi connectivity index (χ0) is 40.8. The Kier molecular flexibility index (Phi) is 43.0. The summed E-state index contributed by atoms with van der Waals surface area (Å²) in [6.07, 6.45) is 52.3. The molecule has 0 aromatic heterocycles. The fourth-order valence-corrected chi connectivity index (χ4v) is 6.63. The number of esters is 3. The van der Waals surface area contributed by atoms with Gasteiger partial charge in [-0.3, -0.25) is 14.4 Å². The molecule has 1 atom stereocenters. The topological polar surface area (TPSA) is 78.9 Å². The predicted octanol–water partition coefficient (Wildman–Crippen LogP) is 15.1. The summed E-state index contributed by atoms with van der Waals surface area (Å²) in [6, 6.07) is 0. The molecule has 324 valence electrons. The van der Waals surface area contributed by atoms with Gasteiger partial charge in [0.05, 0.1) is 0 Å². The van der Waals surface area contributed by atoms with Crippen LogP contribution < -0.4 is 0 Å². The summed E-state index contributed by atoms with van der Waals surface area (Å²) in [5.41, 5.74) is 0. The van der Waals surface area contributed by atoms with E-state index in [1.807, 2.05) is 18.2 Å². The maximum atomic E-state index is 12.7. The van der Waals surface area contributed by atoms with Crippen LogP contribution in [0.25, 0.3) is 0 Å². The van der Waals surface area contributed by atoms with E-state index in [1.54, 1.807) is 0 Å². The van der Waals surface area contributed by atoms with Crippen molar-refractivity contribution in [1.82, 2.24) is 0 Å². The van der Waals surface area contributed by atoms with Gasteiger partial charge in [-0.05, 0) is 38.5 Å². The molecule has 0 heterocycles. The van der Waals surface area contributed by atoms with E-state index < -0.39 is 6.10 Å². The van der Waals surface area contributed by atoms with Gasteiger partial charge in [-0.2, -0.15) is 0 Å². The first-order valence-electron chi connectivity index (χ1n) is 23.7. The quantitative estimate of drug-likeness (QED) is 0.0265. The molecule has 0 saturated heterocycles. The predicted molar refractivity (Wildman–Crippen MR) is 238 cm³/mol. The standard InChI is InChI=1S/C50H88O6/c1-4-7-10-13-16-19-22-24-25-27-28-31-34-37-40-43-49(52)55-46-47(45-54-48(51)42-39-36-33-30-21-18-15-12-9-6-3)56-50(53)44-41-38-35-32-29-26-23-20-17-14-11-8-5-2/h7,10,13,16,19,22,24-25,47H,4-6,8-9,11-12,14-15,17-18,20-21,23,26-46H2,1-3H3/b10-7-,16-13-,22-19-,25-24-. The molecule has 0 aliphatic heterocycles. The van der Waals surface area contributed by atoms with Crippen molar-refractivity contribution in [2.24, 2.45) is 0 Å². The van der Waals surface area contributed by atoms with Crippen LogP contribution in [0, 0.1) is 0 Å². The van der Waals surface area contributed by atoms with Crippen LogP contribution in [0.1, 0.15) is 233 Å². The molecule has 0 rings (SSSR count). The van der Waals surface area contributed by atoms with Gasteiger partial charge in [0.15, 0.2) is 6.10 Å². The number of hydrogen-bond acceptors (Lipinski definition) is 6. The SMILES string of the molecule is CC\C=C/C=C\C=C/C=C\CCCCCCCC(=O)OCC(COC(=O)CCCCCCCCCCCC)OC(=O)CCCCCCCCCCCCCCC. The molecule has 0 aromatic carbocycles. The van der Waals surface area contributed by atoms with Crippen LogP contribution >= 0.6 is 0 Å². The molecule has 0 fully saturated rings. The molecule has 6 heteroatoms. The maximum Gasteiger partial charge on any atom is 0.306 e. The lowest BCUT2D eigenvalue weighted by Gasteiger charge is -2.18. The van der Waals surface area contributed by atoms with Gasteiger partial charge in [-0.1, -0.05) is 223 Å². The third-order valence-corrected chi connectivity index (χ3v) is 10.2. The zero-order valence-electron chi connectivity index (χ0n) is 36.9. The van der Waals surface area contributed by atoms with Crippen molar-refractivity contribution in [2.45, 2.75) is 239 Å². The van der Waals surface area contributed by atoms with Gasteiger partial charge >= 0.3 is 17.9 Å². The first-order chi connectivity index (χ1) is 27.5. The lowest BCUT2D eigenvalue weighted by Crippen LogP contribution is -2.30. The molecule has 0 aliphatic rings. The second-order valence-corrected chi connectivity index (χ2v) is 15.7. The Morgan fingerprint density at radius 3 is 1.09 bits per heavy atom. The molecule has 0 N–H and O–H groups in total.